The minimum atomic E-state index is -0.162. The molecule has 0 heterocycles. The molecule has 112 valence electrons. The molecule has 0 saturated heterocycles. The third-order valence-corrected chi connectivity index (χ3v) is 3.74. The summed E-state index contributed by atoms with van der Waals surface area (Å²) in [6.45, 7) is 0.468. The van der Waals surface area contributed by atoms with Gasteiger partial charge in [0.1, 0.15) is 0 Å². The topological polar surface area (TPSA) is 64.9 Å². The van der Waals surface area contributed by atoms with Crippen LogP contribution in [0.5, 0.6) is 0 Å². The molecule has 0 aliphatic carbocycles. The summed E-state index contributed by atoms with van der Waals surface area (Å²) in [6, 6.07) is 14.1. The van der Waals surface area contributed by atoms with Crippen LogP contribution in [0.3, 0.4) is 0 Å². The van der Waals surface area contributed by atoms with E-state index in [-0.39, 0.29) is 12.3 Å². The zero-order valence-corrected chi connectivity index (χ0v) is 13.1. The number of carbonyl (C=O) groups is 1. The number of amides is 1. The Morgan fingerprint density at radius 3 is 2.55 bits per heavy atom. The van der Waals surface area contributed by atoms with Crippen molar-refractivity contribution in [3.63, 3.8) is 0 Å². The summed E-state index contributed by atoms with van der Waals surface area (Å²) in [6.07, 6.45) is 0.281. The molecule has 0 fully saturated rings. The number of nitrogens with zero attached hydrogens (tertiary/aromatic N) is 1. The van der Waals surface area contributed by atoms with E-state index < -0.39 is 0 Å². The van der Waals surface area contributed by atoms with Crippen LogP contribution in [0.2, 0.25) is 10.0 Å². The van der Waals surface area contributed by atoms with Gasteiger partial charge >= 0.3 is 0 Å². The molecular weight excluding hydrogens is 321 g/mol. The Hall–Kier alpha value is -2.22. The van der Waals surface area contributed by atoms with Crippen molar-refractivity contribution in [3.05, 3.63) is 58.1 Å². The first kappa shape index (κ1) is 16.2. The van der Waals surface area contributed by atoms with E-state index in [0.29, 0.717) is 27.8 Å². The lowest BCUT2D eigenvalue weighted by Crippen LogP contribution is -2.16. The first-order valence-corrected chi connectivity index (χ1v) is 7.33. The maximum Gasteiger partial charge on any atom is 0.226 e. The van der Waals surface area contributed by atoms with Crippen LogP contribution < -0.4 is 10.6 Å². The third-order valence-electron chi connectivity index (χ3n) is 2.92. The van der Waals surface area contributed by atoms with Crippen molar-refractivity contribution < 1.29 is 4.79 Å². The van der Waals surface area contributed by atoms with Crippen LogP contribution in [0.15, 0.2) is 42.5 Å². The summed E-state index contributed by atoms with van der Waals surface area (Å²) in [5.74, 6) is -0.162. The first-order valence-electron chi connectivity index (χ1n) is 6.58. The fraction of sp³-hybridized carbons (Fsp3) is 0.125. The van der Waals surface area contributed by atoms with Crippen LogP contribution in [0.4, 0.5) is 11.4 Å². The molecule has 0 unspecified atom stereocenters. The lowest BCUT2D eigenvalue weighted by Gasteiger charge is -2.09. The smallest absolute Gasteiger partial charge is 0.226 e. The number of benzene rings is 2. The van der Waals surface area contributed by atoms with Gasteiger partial charge in [-0.2, -0.15) is 5.26 Å². The zero-order chi connectivity index (χ0) is 15.9. The number of carbonyl (C=O) groups excluding carboxylic acids is 1. The predicted molar refractivity (Wildman–Crippen MR) is 89.4 cm³/mol. The first-order chi connectivity index (χ1) is 10.6. The quantitative estimate of drug-likeness (QED) is 0.856. The molecule has 22 heavy (non-hydrogen) atoms. The molecule has 2 aromatic rings. The Labute approximate surface area is 138 Å². The van der Waals surface area contributed by atoms with E-state index in [0.717, 1.165) is 5.69 Å². The fourth-order valence-electron chi connectivity index (χ4n) is 1.80. The van der Waals surface area contributed by atoms with E-state index in [4.69, 9.17) is 28.5 Å². The number of rotatable bonds is 5. The molecule has 0 atom stereocenters. The Morgan fingerprint density at radius 2 is 1.86 bits per heavy atom. The van der Waals surface area contributed by atoms with Gasteiger partial charge in [0.25, 0.3) is 0 Å². The van der Waals surface area contributed by atoms with Gasteiger partial charge in [-0.25, -0.2) is 0 Å². The van der Waals surface area contributed by atoms with Gasteiger partial charge in [-0.05, 0) is 36.4 Å². The van der Waals surface area contributed by atoms with Gasteiger partial charge in [-0.15, -0.1) is 0 Å². The standard InChI is InChI=1S/C16H13Cl2N3O/c17-13-2-1-3-14(16(13)18)21-15(22)8-9-20-12-6-4-11(10-19)5-7-12/h1-7,20H,8-9H2,(H,21,22). The average Bonchev–Trinajstić information content (AvgIpc) is 2.52. The second-order valence-electron chi connectivity index (χ2n) is 4.52. The Kier molecular flexibility index (Phi) is 5.65. The predicted octanol–water partition coefficient (Wildman–Crippen LogP) is 4.31. The molecule has 0 aromatic heterocycles. The van der Waals surface area contributed by atoms with Gasteiger partial charge in [0.2, 0.25) is 5.91 Å². The van der Waals surface area contributed by atoms with Gasteiger partial charge in [0, 0.05) is 18.7 Å². The zero-order valence-electron chi connectivity index (χ0n) is 11.6. The number of nitrogens with one attached hydrogen (secondary N) is 2. The van der Waals surface area contributed by atoms with Crippen LogP contribution in [-0.2, 0) is 4.79 Å². The molecule has 0 spiro atoms. The highest BCUT2D eigenvalue weighted by molar-refractivity contribution is 6.43. The van der Waals surface area contributed by atoms with Gasteiger partial charge in [-0.1, -0.05) is 29.3 Å². The normalized spacial score (nSPS) is 9.86. The minimum absolute atomic E-state index is 0.162. The molecule has 1 amide bonds. The second-order valence-corrected chi connectivity index (χ2v) is 5.30. The van der Waals surface area contributed by atoms with Crippen molar-refractivity contribution in [1.82, 2.24) is 0 Å². The van der Waals surface area contributed by atoms with Crippen molar-refractivity contribution in [1.29, 1.82) is 5.26 Å². The molecule has 2 aromatic carbocycles. The summed E-state index contributed by atoms with van der Waals surface area (Å²) in [4.78, 5) is 11.9. The molecule has 0 aliphatic rings. The molecule has 0 aliphatic heterocycles. The lowest BCUT2D eigenvalue weighted by molar-refractivity contribution is -0.115. The Morgan fingerprint density at radius 1 is 1.14 bits per heavy atom. The van der Waals surface area contributed by atoms with Crippen LogP contribution >= 0.6 is 23.2 Å². The van der Waals surface area contributed by atoms with Gasteiger partial charge < -0.3 is 10.6 Å². The molecule has 4 nitrogen and oxygen atoms in total. The maximum absolute atomic E-state index is 11.9. The monoisotopic (exact) mass is 333 g/mol. The van der Waals surface area contributed by atoms with Crippen molar-refractivity contribution in [2.24, 2.45) is 0 Å². The van der Waals surface area contributed by atoms with E-state index >= 15 is 0 Å². The Bertz CT molecular complexity index is 708. The van der Waals surface area contributed by atoms with Crippen molar-refractivity contribution in [3.8, 4) is 6.07 Å². The summed E-state index contributed by atoms with van der Waals surface area (Å²) < 4.78 is 0. The van der Waals surface area contributed by atoms with Gasteiger partial charge in [-0.3, -0.25) is 4.79 Å². The van der Waals surface area contributed by atoms with Crippen LogP contribution in [0.1, 0.15) is 12.0 Å². The van der Waals surface area contributed by atoms with Crippen LogP contribution in [0, 0.1) is 11.3 Å². The average molecular weight is 334 g/mol. The maximum atomic E-state index is 11.9. The van der Waals surface area contributed by atoms with Crippen molar-refractivity contribution in [2.45, 2.75) is 6.42 Å². The summed E-state index contributed by atoms with van der Waals surface area (Å²) >= 11 is 11.9. The summed E-state index contributed by atoms with van der Waals surface area (Å²) in [7, 11) is 0. The fourth-order valence-corrected chi connectivity index (χ4v) is 2.14. The molecule has 0 radical (unpaired) electrons. The number of anilines is 2. The number of halogens is 2. The second kappa shape index (κ2) is 7.69. The highest BCUT2D eigenvalue weighted by Gasteiger charge is 2.08. The largest absolute Gasteiger partial charge is 0.385 e. The van der Waals surface area contributed by atoms with E-state index in [2.05, 4.69) is 16.7 Å². The number of nitriles is 1. The molecule has 0 saturated carbocycles. The van der Waals surface area contributed by atoms with Crippen LogP contribution in [-0.4, -0.2) is 12.5 Å². The number of hydrogen-bond donors (Lipinski definition) is 2. The van der Waals surface area contributed by atoms with Crippen molar-refractivity contribution >= 4 is 40.5 Å². The summed E-state index contributed by atoms with van der Waals surface area (Å²) in [5.41, 5.74) is 1.95. The van der Waals surface area contributed by atoms with Crippen LogP contribution in [0.25, 0.3) is 0 Å². The summed E-state index contributed by atoms with van der Waals surface area (Å²) in [5, 5.41) is 15.3. The highest BCUT2D eigenvalue weighted by atomic mass is 35.5. The minimum Gasteiger partial charge on any atom is -0.385 e. The molecule has 2 N–H and O–H groups in total. The molecule has 6 heteroatoms. The van der Waals surface area contributed by atoms with E-state index in [9.17, 15) is 4.79 Å². The van der Waals surface area contributed by atoms with Gasteiger partial charge in [0.05, 0.1) is 27.4 Å². The lowest BCUT2D eigenvalue weighted by atomic mass is 10.2. The molecule has 0 bridgehead atoms. The molecular formula is C16H13Cl2N3O. The molecule has 2 rings (SSSR count). The third kappa shape index (κ3) is 4.39. The van der Waals surface area contributed by atoms with E-state index in [1.807, 2.05) is 0 Å². The number of hydrogen-bond acceptors (Lipinski definition) is 3. The van der Waals surface area contributed by atoms with Gasteiger partial charge in [0.15, 0.2) is 0 Å². The SMILES string of the molecule is N#Cc1ccc(NCCC(=O)Nc2cccc(Cl)c2Cl)cc1. The van der Waals surface area contributed by atoms with Crippen molar-refractivity contribution in [2.75, 3.05) is 17.2 Å². The van der Waals surface area contributed by atoms with E-state index in [1.54, 1.807) is 42.5 Å². The highest BCUT2D eigenvalue weighted by Crippen LogP contribution is 2.29. The Balaban J connectivity index is 1.82. The van der Waals surface area contributed by atoms with E-state index in [1.165, 1.54) is 0 Å².